The van der Waals surface area contributed by atoms with Crippen LogP contribution in [0.4, 0.5) is 5.69 Å². The summed E-state index contributed by atoms with van der Waals surface area (Å²) in [7, 11) is 0. The highest BCUT2D eigenvalue weighted by Crippen LogP contribution is 2.20. The minimum atomic E-state index is -1.17. The van der Waals surface area contributed by atoms with Crippen molar-refractivity contribution in [3.8, 4) is 0 Å². The normalized spacial score (nSPS) is 11.6. The van der Waals surface area contributed by atoms with Crippen LogP contribution in [0.1, 0.15) is 6.92 Å². The zero-order valence-electron chi connectivity index (χ0n) is 9.90. The van der Waals surface area contributed by atoms with E-state index in [1.165, 1.54) is 25.3 Å². The molecular formula is C10H11N3O5S. The summed E-state index contributed by atoms with van der Waals surface area (Å²) in [5.74, 6) is -1.60. The lowest BCUT2D eigenvalue weighted by Gasteiger charge is -2.12. The first kappa shape index (κ1) is 14.9. The minimum Gasteiger partial charge on any atom is -0.480 e. The highest BCUT2D eigenvalue weighted by molar-refractivity contribution is 7.99. The number of carboxylic acids is 1. The van der Waals surface area contributed by atoms with Crippen LogP contribution in [0.15, 0.2) is 23.4 Å². The number of amides is 1. The van der Waals surface area contributed by atoms with Gasteiger partial charge in [-0.05, 0) is 0 Å². The summed E-state index contributed by atoms with van der Waals surface area (Å²) in [6, 6.07) is 1.42. The fourth-order valence-corrected chi connectivity index (χ4v) is 2.08. The number of carbonyl (C=O) groups is 2. The van der Waals surface area contributed by atoms with Crippen molar-refractivity contribution in [1.29, 1.82) is 0 Å². The van der Waals surface area contributed by atoms with Crippen molar-refractivity contribution in [1.82, 2.24) is 10.3 Å². The third kappa shape index (κ3) is 4.92. The predicted molar refractivity (Wildman–Crippen MR) is 66.9 cm³/mol. The third-order valence-corrected chi connectivity index (χ3v) is 3.02. The largest absolute Gasteiger partial charge is 0.480 e. The van der Waals surface area contributed by atoms with Crippen LogP contribution in [-0.4, -0.2) is 38.7 Å². The molecule has 1 aromatic heterocycles. The first-order valence-corrected chi connectivity index (χ1v) is 6.12. The number of nitrogens with one attached hydrogen (secondary N) is 1. The van der Waals surface area contributed by atoms with Crippen LogP contribution in [-0.2, 0) is 9.59 Å². The molecule has 1 atom stereocenters. The molecule has 19 heavy (non-hydrogen) atoms. The minimum absolute atomic E-state index is 0.0308. The summed E-state index contributed by atoms with van der Waals surface area (Å²) in [4.78, 5) is 35.6. The van der Waals surface area contributed by atoms with Crippen molar-refractivity contribution in [3.63, 3.8) is 0 Å². The van der Waals surface area contributed by atoms with Gasteiger partial charge in [0.05, 0.1) is 4.92 Å². The summed E-state index contributed by atoms with van der Waals surface area (Å²) in [6.07, 6.45) is 1.27. The van der Waals surface area contributed by atoms with Gasteiger partial charge in [-0.3, -0.25) is 14.9 Å². The fourth-order valence-electron chi connectivity index (χ4n) is 1.18. The van der Waals surface area contributed by atoms with Gasteiger partial charge in [0.1, 0.15) is 11.1 Å². The van der Waals surface area contributed by atoms with E-state index >= 15 is 0 Å². The molecule has 0 fully saturated rings. The van der Waals surface area contributed by atoms with Crippen LogP contribution in [0.2, 0.25) is 0 Å². The summed E-state index contributed by atoms with van der Waals surface area (Å²) in [5.41, 5.74) is -0.121. The topological polar surface area (TPSA) is 122 Å². The summed E-state index contributed by atoms with van der Waals surface area (Å²) in [6.45, 7) is 1.21. The number of rotatable bonds is 6. The Hall–Kier alpha value is -2.16. The number of carbonyl (C=O) groups excluding carboxylic acids is 1. The average molecular weight is 285 g/mol. The Bertz CT molecular complexity index is 508. The molecular weight excluding hydrogens is 274 g/mol. The van der Waals surface area contributed by atoms with Gasteiger partial charge in [0, 0.05) is 31.0 Å². The Morgan fingerprint density at radius 2 is 2.32 bits per heavy atom. The van der Waals surface area contributed by atoms with Gasteiger partial charge in [-0.15, -0.1) is 11.8 Å². The van der Waals surface area contributed by atoms with Crippen LogP contribution < -0.4 is 5.32 Å². The molecule has 0 saturated carbocycles. The van der Waals surface area contributed by atoms with Crippen molar-refractivity contribution in [2.45, 2.75) is 18.0 Å². The van der Waals surface area contributed by atoms with Gasteiger partial charge in [0.25, 0.3) is 5.69 Å². The highest BCUT2D eigenvalue weighted by atomic mass is 32.2. The van der Waals surface area contributed by atoms with E-state index < -0.39 is 22.8 Å². The molecule has 0 bridgehead atoms. The molecule has 1 amide bonds. The summed E-state index contributed by atoms with van der Waals surface area (Å²) >= 11 is 1.02. The number of pyridine rings is 1. The molecule has 0 aromatic carbocycles. The smallest absolute Gasteiger partial charge is 0.327 e. The number of aliphatic carboxylic acids is 1. The van der Waals surface area contributed by atoms with Crippen LogP contribution in [0.25, 0.3) is 0 Å². The number of aromatic nitrogens is 1. The number of nitrogens with zero attached hydrogens (tertiary/aromatic N) is 2. The number of nitro groups is 1. The molecule has 0 unspecified atom stereocenters. The molecule has 1 heterocycles. The van der Waals surface area contributed by atoms with Gasteiger partial charge >= 0.3 is 5.97 Å². The molecule has 0 spiro atoms. The summed E-state index contributed by atoms with van der Waals surface area (Å²) < 4.78 is 0. The highest BCUT2D eigenvalue weighted by Gasteiger charge is 2.19. The van der Waals surface area contributed by atoms with Gasteiger partial charge in [0.2, 0.25) is 5.91 Å². The SMILES string of the molecule is CC(=O)N[C@@H](CSc1cc([N+](=O)[O-])ccn1)C(=O)O. The van der Waals surface area contributed by atoms with Crippen LogP contribution in [0.3, 0.4) is 0 Å². The number of carboxylic acid groups (broad SMARTS) is 1. The van der Waals surface area contributed by atoms with Gasteiger partial charge in [0.15, 0.2) is 0 Å². The van der Waals surface area contributed by atoms with E-state index in [1.807, 2.05) is 0 Å². The Morgan fingerprint density at radius 1 is 1.63 bits per heavy atom. The first-order chi connectivity index (χ1) is 8.90. The van der Waals surface area contributed by atoms with Gasteiger partial charge < -0.3 is 10.4 Å². The molecule has 0 aliphatic heterocycles. The van der Waals surface area contributed by atoms with Crippen molar-refractivity contribution >= 4 is 29.3 Å². The molecule has 102 valence electrons. The average Bonchev–Trinajstić information content (AvgIpc) is 2.34. The van der Waals surface area contributed by atoms with E-state index in [-0.39, 0.29) is 11.4 Å². The van der Waals surface area contributed by atoms with E-state index in [0.717, 1.165) is 11.8 Å². The van der Waals surface area contributed by atoms with E-state index in [2.05, 4.69) is 10.3 Å². The van der Waals surface area contributed by atoms with Gasteiger partial charge in [-0.25, -0.2) is 9.78 Å². The molecule has 0 aliphatic carbocycles. The van der Waals surface area contributed by atoms with Gasteiger partial charge in [-0.2, -0.15) is 0 Å². The van der Waals surface area contributed by atoms with Crippen LogP contribution in [0, 0.1) is 10.1 Å². The van der Waals surface area contributed by atoms with Crippen molar-refractivity contribution in [2.24, 2.45) is 0 Å². The number of thioether (sulfide) groups is 1. The molecule has 1 aromatic rings. The van der Waals surface area contributed by atoms with Gasteiger partial charge in [-0.1, -0.05) is 0 Å². The third-order valence-electron chi connectivity index (χ3n) is 2.00. The molecule has 9 heteroatoms. The molecule has 2 N–H and O–H groups in total. The maximum absolute atomic E-state index is 10.9. The molecule has 8 nitrogen and oxygen atoms in total. The lowest BCUT2D eigenvalue weighted by molar-refractivity contribution is -0.385. The quantitative estimate of drug-likeness (QED) is 0.447. The maximum Gasteiger partial charge on any atom is 0.327 e. The maximum atomic E-state index is 10.9. The standard InChI is InChI=1S/C10H11N3O5S/c1-6(14)12-8(10(15)16)5-19-9-4-7(13(17)18)2-3-11-9/h2-4,8H,5H2,1H3,(H,12,14)(H,15,16)/t8-/m0/s1. The Balaban J connectivity index is 2.68. The first-order valence-electron chi connectivity index (χ1n) is 5.13. The second-order valence-corrected chi connectivity index (χ2v) is 4.55. The molecule has 0 saturated heterocycles. The predicted octanol–water partition coefficient (Wildman–Crippen LogP) is 0.671. The number of hydrogen-bond acceptors (Lipinski definition) is 6. The lowest BCUT2D eigenvalue weighted by atomic mass is 10.3. The van der Waals surface area contributed by atoms with Crippen molar-refractivity contribution < 1.29 is 19.6 Å². The van der Waals surface area contributed by atoms with Crippen LogP contribution >= 0.6 is 11.8 Å². The molecule has 0 aliphatic rings. The van der Waals surface area contributed by atoms with Crippen LogP contribution in [0.5, 0.6) is 0 Å². The monoisotopic (exact) mass is 285 g/mol. The van der Waals surface area contributed by atoms with E-state index in [4.69, 9.17) is 5.11 Å². The lowest BCUT2D eigenvalue weighted by Crippen LogP contribution is -2.41. The van der Waals surface area contributed by atoms with E-state index in [9.17, 15) is 19.7 Å². The second-order valence-electron chi connectivity index (χ2n) is 3.51. The molecule has 1 rings (SSSR count). The van der Waals surface area contributed by atoms with E-state index in [1.54, 1.807) is 0 Å². The number of hydrogen-bond donors (Lipinski definition) is 2. The van der Waals surface area contributed by atoms with E-state index in [0.29, 0.717) is 5.03 Å². The summed E-state index contributed by atoms with van der Waals surface area (Å²) in [5, 5.41) is 22.0. The van der Waals surface area contributed by atoms with Crippen molar-refractivity contribution in [2.75, 3.05) is 5.75 Å². The fraction of sp³-hybridized carbons (Fsp3) is 0.300. The molecule has 0 radical (unpaired) electrons. The van der Waals surface area contributed by atoms with Crippen molar-refractivity contribution in [3.05, 3.63) is 28.4 Å². The zero-order chi connectivity index (χ0) is 14.4. The Labute approximate surface area is 112 Å². The Morgan fingerprint density at radius 3 is 2.84 bits per heavy atom. The zero-order valence-corrected chi connectivity index (χ0v) is 10.7. The Kier molecular flexibility index (Phi) is 5.24. The second kappa shape index (κ2) is 6.69.